The normalized spacial score (nSPS) is 13.5. The molecule has 126 valence electrons. The molecule has 1 aliphatic heterocycles. The Balaban J connectivity index is 1.83. The Bertz CT molecular complexity index is 795. The van der Waals surface area contributed by atoms with Crippen molar-refractivity contribution in [1.82, 2.24) is 15.1 Å². The van der Waals surface area contributed by atoms with Crippen LogP contribution >= 0.6 is 0 Å². The predicted octanol–water partition coefficient (Wildman–Crippen LogP) is 2.40. The number of H-pyrrole nitrogens is 1. The van der Waals surface area contributed by atoms with Crippen LogP contribution < -0.4 is 0 Å². The number of benzene rings is 1. The molecule has 24 heavy (non-hydrogen) atoms. The number of nitrogens with zero attached hydrogens (tertiary/aromatic N) is 2. The number of hydrogen-bond donors (Lipinski definition) is 1. The average Bonchev–Trinajstić information content (AvgIpc) is 3.00. The van der Waals surface area contributed by atoms with Crippen LogP contribution in [0.2, 0.25) is 0 Å². The highest BCUT2D eigenvalue weighted by atomic mass is 16.5. The number of aromatic amines is 1. The number of hydrogen-bond acceptors (Lipinski definition) is 4. The zero-order chi connectivity index (χ0) is 17.3. The highest BCUT2D eigenvalue weighted by Crippen LogP contribution is 2.23. The lowest BCUT2D eigenvalue weighted by atomic mass is 10.0. The second-order valence-electron chi connectivity index (χ2n) is 6.03. The van der Waals surface area contributed by atoms with Crippen molar-refractivity contribution in [3.8, 4) is 0 Å². The van der Waals surface area contributed by atoms with Gasteiger partial charge < -0.3 is 9.64 Å². The second kappa shape index (κ2) is 6.47. The van der Waals surface area contributed by atoms with E-state index in [1.807, 2.05) is 32.0 Å². The smallest absolute Gasteiger partial charge is 0.359 e. The fourth-order valence-electron chi connectivity index (χ4n) is 2.89. The molecule has 1 aromatic carbocycles. The minimum atomic E-state index is -0.449. The third-order valence-corrected chi connectivity index (χ3v) is 4.44. The summed E-state index contributed by atoms with van der Waals surface area (Å²) >= 11 is 0. The molecule has 6 heteroatoms. The first-order valence-electron chi connectivity index (χ1n) is 8.11. The monoisotopic (exact) mass is 327 g/mol. The predicted molar refractivity (Wildman–Crippen MR) is 88.9 cm³/mol. The van der Waals surface area contributed by atoms with Gasteiger partial charge in [-0.15, -0.1) is 0 Å². The molecule has 0 radical (unpaired) electrons. The van der Waals surface area contributed by atoms with Gasteiger partial charge in [0.2, 0.25) is 0 Å². The van der Waals surface area contributed by atoms with E-state index in [9.17, 15) is 9.59 Å². The second-order valence-corrected chi connectivity index (χ2v) is 6.03. The van der Waals surface area contributed by atoms with E-state index in [4.69, 9.17) is 4.74 Å². The molecule has 3 rings (SSSR count). The van der Waals surface area contributed by atoms with Crippen LogP contribution in [-0.4, -0.2) is 40.1 Å². The summed E-state index contributed by atoms with van der Waals surface area (Å²) < 4.78 is 5.04. The first-order chi connectivity index (χ1) is 11.5. The number of amides is 1. The Kier molecular flexibility index (Phi) is 4.38. The van der Waals surface area contributed by atoms with Gasteiger partial charge in [-0.2, -0.15) is 5.10 Å². The summed E-state index contributed by atoms with van der Waals surface area (Å²) in [7, 11) is 0. The van der Waals surface area contributed by atoms with Crippen molar-refractivity contribution in [1.29, 1.82) is 0 Å². The van der Waals surface area contributed by atoms with E-state index in [1.54, 1.807) is 11.8 Å². The van der Waals surface area contributed by atoms with Crippen LogP contribution in [0.25, 0.3) is 0 Å². The molecule has 0 fully saturated rings. The number of nitrogens with one attached hydrogen (secondary N) is 1. The van der Waals surface area contributed by atoms with Gasteiger partial charge in [-0.1, -0.05) is 6.07 Å². The maximum absolute atomic E-state index is 12.8. The van der Waals surface area contributed by atoms with Crippen molar-refractivity contribution >= 4 is 11.9 Å². The summed E-state index contributed by atoms with van der Waals surface area (Å²) in [5, 5.41) is 6.96. The number of fused-ring (bicyclic) bond motifs is 1. The molecule has 2 heterocycles. The van der Waals surface area contributed by atoms with Gasteiger partial charge in [0, 0.05) is 29.8 Å². The fraction of sp³-hybridized carbons (Fsp3) is 0.389. The molecule has 1 N–H and O–H groups in total. The third kappa shape index (κ3) is 2.91. The van der Waals surface area contributed by atoms with Gasteiger partial charge in [0.1, 0.15) is 0 Å². The van der Waals surface area contributed by atoms with Gasteiger partial charge in [-0.05, 0) is 44.0 Å². The third-order valence-electron chi connectivity index (χ3n) is 4.44. The lowest BCUT2D eigenvalue weighted by molar-refractivity contribution is 0.0513. The zero-order valence-corrected chi connectivity index (χ0v) is 14.2. The van der Waals surface area contributed by atoms with E-state index < -0.39 is 5.97 Å². The van der Waals surface area contributed by atoms with E-state index >= 15 is 0 Å². The topological polar surface area (TPSA) is 75.3 Å². The van der Waals surface area contributed by atoms with Crippen molar-refractivity contribution in [2.45, 2.75) is 33.7 Å². The lowest BCUT2D eigenvalue weighted by Gasteiger charge is -2.27. The van der Waals surface area contributed by atoms with Crippen LogP contribution in [-0.2, 0) is 17.7 Å². The van der Waals surface area contributed by atoms with Crippen molar-refractivity contribution in [2.24, 2.45) is 0 Å². The molecule has 2 aromatic rings. The fourth-order valence-corrected chi connectivity index (χ4v) is 2.89. The summed E-state index contributed by atoms with van der Waals surface area (Å²) in [5.74, 6) is -0.477. The first kappa shape index (κ1) is 16.2. The van der Waals surface area contributed by atoms with E-state index in [-0.39, 0.29) is 11.6 Å². The Labute approximate surface area is 140 Å². The van der Waals surface area contributed by atoms with Gasteiger partial charge >= 0.3 is 5.97 Å². The molecular formula is C18H21N3O3. The van der Waals surface area contributed by atoms with Crippen LogP contribution in [0.4, 0.5) is 0 Å². The van der Waals surface area contributed by atoms with Crippen LogP contribution in [0.1, 0.15) is 50.2 Å². The number of aromatic nitrogens is 2. The molecule has 0 aliphatic carbocycles. The van der Waals surface area contributed by atoms with Crippen molar-refractivity contribution in [3.05, 3.63) is 51.8 Å². The van der Waals surface area contributed by atoms with Gasteiger partial charge in [-0.3, -0.25) is 9.89 Å². The number of carbonyl (C=O) groups excluding carboxylic acids is 2. The van der Waals surface area contributed by atoms with E-state index in [0.717, 1.165) is 22.4 Å². The molecule has 0 saturated heterocycles. The van der Waals surface area contributed by atoms with Crippen molar-refractivity contribution < 1.29 is 14.3 Å². The van der Waals surface area contributed by atoms with Gasteiger partial charge in [0.15, 0.2) is 5.69 Å². The SMILES string of the molecule is CCOC(=O)c1n[nH]c2c1CN(C(=O)c1ccc(C)c(C)c1)CC2. The molecule has 0 spiro atoms. The summed E-state index contributed by atoms with van der Waals surface area (Å²) in [6.45, 7) is 7.04. The minimum Gasteiger partial charge on any atom is -0.461 e. The number of esters is 1. The molecule has 0 saturated carbocycles. The van der Waals surface area contributed by atoms with Crippen LogP contribution in [0, 0.1) is 13.8 Å². The minimum absolute atomic E-state index is 0.0280. The first-order valence-corrected chi connectivity index (χ1v) is 8.11. The largest absolute Gasteiger partial charge is 0.461 e. The molecule has 1 aliphatic rings. The van der Waals surface area contributed by atoms with Gasteiger partial charge in [0.25, 0.3) is 5.91 Å². The maximum Gasteiger partial charge on any atom is 0.359 e. The maximum atomic E-state index is 12.8. The average molecular weight is 327 g/mol. The van der Waals surface area contributed by atoms with Gasteiger partial charge in [0.05, 0.1) is 13.2 Å². The Morgan fingerprint density at radius 3 is 2.79 bits per heavy atom. The number of rotatable bonds is 3. The summed E-state index contributed by atoms with van der Waals surface area (Å²) in [6.07, 6.45) is 0.651. The molecule has 0 unspecified atom stereocenters. The highest BCUT2D eigenvalue weighted by Gasteiger charge is 2.28. The zero-order valence-electron chi connectivity index (χ0n) is 14.2. The van der Waals surface area contributed by atoms with E-state index in [0.29, 0.717) is 31.7 Å². The molecule has 1 aromatic heterocycles. The lowest BCUT2D eigenvalue weighted by Crippen LogP contribution is -2.36. The van der Waals surface area contributed by atoms with Crippen molar-refractivity contribution in [3.63, 3.8) is 0 Å². The van der Waals surface area contributed by atoms with Crippen LogP contribution in [0.15, 0.2) is 18.2 Å². The number of ether oxygens (including phenoxy) is 1. The van der Waals surface area contributed by atoms with E-state index in [2.05, 4.69) is 10.2 Å². The van der Waals surface area contributed by atoms with Crippen LogP contribution in [0.5, 0.6) is 0 Å². The molecule has 0 bridgehead atoms. The molecule has 1 amide bonds. The summed E-state index contributed by atoms with van der Waals surface area (Å²) in [5.41, 5.74) is 4.87. The Hall–Kier alpha value is -2.63. The quantitative estimate of drug-likeness (QED) is 0.879. The standard InChI is InChI=1S/C18H21N3O3/c1-4-24-18(23)16-14-10-21(8-7-15(14)19-20-16)17(22)13-6-5-11(2)12(3)9-13/h5-6,9H,4,7-8,10H2,1-3H3,(H,19,20). The van der Waals surface area contributed by atoms with E-state index in [1.165, 1.54) is 0 Å². The van der Waals surface area contributed by atoms with Crippen LogP contribution in [0.3, 0.4) is 0 Å². The van der Waals surface area contributed by atoms with Crippen molar-refractivity contribution in [2.75, 3.05) is 13.2 Å². The molecule has 0 atom stereocenters. The Morgan fingerprint density at radius 1 is 1.29 bits per heavy atom. The number of carbonyl (C=O) groups is 2. The summed E-state index contributed by atoms with van der Waals surface area (Å²) in [6, 6.07) is 5.72. The molecule has 6 nitrogen and oxygen atoms in total. The summed E-state index contributed by atoms with van der Waals surface area (Å²) in [4.78, 5) is 26.5. The molecular weight excluding hydrogens is 306 g/mol. The highest BCUT2D eigenvalue weighted by molar-refractivity contribution is 5.95. The Morgan fingerprint density at radius 2 is 2.08 bits per heavy atom. The number of aryl methyl sites for hydroxylation is 2. The van der Waals surface area contributed by atoms with Gasteiger partial charge in [-0.25, -0.2) is 4.79 Å².